The molecule has 0 saturated heterocycles. The number of amides is 1. The Kier molecular flexibility index (Phi) is 3.83. The summed E-state index contributed by atoms with van der Waals surface area (Å²) in [6, 6.07) is 8.51. The summed E-state index contributed by atoms with van der Waals surface area (Å²) in [5.41, 5.74) is 2.82. The van der Waals surface area contributed by atoms with E-state index in [-0.39, 0.29) is 11.8 Å². The van der Waals surface area contributed by atoms with Gasteiger partial charge in [0, 0.05) is 6.54 Å². The fraction of sp³-hybridized carbons (Fsp3) is 0.462. The first-order valence-electron chi connectivity index (χ1n) is 5.71. The third-order valence-electron chi connectivity index (χ3n) is 2.91. The Morgan fingerprint density at radius 1 is 1.38 bits per heavy atom. The number of hydrogen-bond donors (Lipinski definition) is 1. The summed E-state index contributed by atoms with van der Waals surface area (Å²) >= 11 is 5.41. The lowest BCUT2D eigenvalue weighted by Crippen LogP contribution is -2.26. The van der Waals surface area contributed by atoms with Crippen LogP contribution in [-0.2, 0) is 11.2 Å². The third kappa shape index (κ3) is 2.99. The van der Waals surface area contributed by atoms with E-state index in [2.05, 4.69) is 29.6 Å². The zero-order chi connectivity index (χ0) is 11.4. The topological polar surface area (TPSA) is 29.1 Å². The van der Waals surface area contributed by atoms with Crippen LogP contribution in [0.15, 0.2) is 24.3 Å². The highest BCUT2D eigenvalue weighted by Gasteiger charge is 2.25. The summed E-state index contributed by atoms with van der Waals surface area (Å²) < 4.78 is 0. The largest absolute Gasteiger partial charge is 0.355 e. The van der Waals surface area contributed by atoms with E-state index in [9.17, 15) is 4.79 Å². The van der Waals surface area contributed by atoms with Crippen molar-refractivity contribution in [2.24, 2.45) is 0 Å². The summed E-state index contributed by atoms with van der Waals surface area (Å²) in [4.78, 5) is 11.0. The van der Waals surface area contributed by atoms with Gasteiger partial charge in [-0.15, -0.1) is 11.6 Å². The maximum absolute atomic E-state index is 11.0. The molecule has 0 radical (unpaired) electrons. The Bertz CT molecular complexity index is 374. The minimum absolute atomic E-state index is 0.0459. The van der Waals surface area contributed by atoms with Gasteiger partial charge in [0.1, 0.15) is 5.88 Å². The molecule has 0 aromatic heterocycles. The molecule has 0 unspecified atom stereocenters. The van der Waals surface area contributed by atoms with Crippen LogP contribution in [0, 0.1) is 0 Å². The van der Waals surface area contributed by atoms with Crippen LogP contribution < -0.4 is 5.32 Å². The normalized spacial score (nSPS) is 14.8. The fourth-order valence-electron chi connectivity index (χ4n) is 1.94. The summed E-state index contributed by atoms with van der Waals surface area (Å²) in [5, 5.41) is 2.80. The standard InChI is InChI=1S/C13H16ClNO/c14-9-13(16)15-8-7-10-3-1-2-4-12(10)11-5-6-11/h1-4,11H,5-9H2,(H,15,16). The van der Waals surface area contributed by atoms with Crippen LogP contribution in [-0.4, -0.2) is 18.3 Å². The fourth-order valence-corrected chi connectivity index (χ4v) is 2.03. The minimum Gasteiger partial charge on any atom is -0.355 e. The zero-order valence-corrected chi connectivity index (χ0v) is 9.96. The first-order chi connectivity index (χ1) is 7.81. The van der Waals surface area contributed by atoms with Crippen molar-refractivity contribution in [3.8, 4) is 0 Å². The molecule has 1 amide bonds. The van der Waals surface area contributed by atoms with Gasteiger partial charge in [-0.2, -0.15) is 0 Å². The zero-order valence-electron chi connectivity index (χ0n) is 9.21. The van der Waals surface area contributed by atoms with Crippen LogP contribution in [0.5, 0.6) is 0 Å². The van der Waals surface area contributed by atoms with Crippen LogP contribution in [0.2, 0.25) is 0 Å². The van der Waals surface area contributed by atoms with E-state index in [1.165, 1.54) is 24.0 Å². The van der Waals surface area contributed by atoms with Crippen LogP contribution in [0.4, 0.5) is 0 Å². The maximum atomic E-state index is 11.0. The predicted octanol–water partition coefficient (Wildman–Crippen LogP) is 2.46. The number of carbonyl (C=O) groups is 1. The predicted molar refractivity (Wildman–Crippen MR) is 65.9 cm³/mol. The molecule has 0 atom stereocenters. The summed E-state index contributed by atoms with van der Waals surface area (Å²) in [6.45, 7) is 0.676. The van der Waals surface area contributed by atoms with Crippen molar-refractivity contribution < 1.29 is 4.79 Å². The molecule has 1 aliphatic carbocycles. The molecule has 16 heavy (non-hydrogen) atoms. The first kappa shape index (κ1) is 11.5. The third-order valence-corrected chi connectivity index (χ3v) is 3.15. The molecule has 1 aromatic carbocycles. The highest BCUT2D eigenvalue weighted by Crippen LogP contribution is 2.41. The Labute approximate surface area is 101 Å². The molecule has 1 saturated carbocycles. The number of rotatable bonds is 5. The number of carbonyl (C=O) groups excluding carboxylic acids is 1. The van der Waals surface area contributed by atoms with Gasteiger partial charge in [0.05, 0.1) is 0 Å². The second kappa shape index (κ2) is 5.35. The lowest BCUT2D eigenvalue weighted by Gasteiger charge is -2.08. The van der Waals surface area contributed by atoms with E-state index in [1.807, 2.05) is 0 Å². The molecule has 0 bridgehead atoms. The Morgan fingerprint density at radius 3 is 2.81 bits per heavy atom. The van der Waals surface area contributed by atoms with Crippen molar-refractivity contribution in [2.45, 2.75) is 25.2 Å². The lowest BCUT2D eigenvalue weighted by atomic mass is 10.0. The lowest BCUT2D eigenvalue weighted by molar-refractivity contribution is -0.118. The highest BCUT2D eigenvalue weighted by molar-refractivity contribution is 6.27. The summed E-state index contributed by atoms with van der Waals surface area (Å²) in [7, 11) is 0. The van der Waals surface area contributed by atoms with Gasteiger partial charge in [0.25, 0.3) is 0 Å². The first-order valence-corrected chi connectivity index (χ1v) is 6.25. The van der Waals surface area contributed by atoms with Crippen LogP contribution in [0.1, 0.15) is 29.9 Å². The molecule has 86 valence electrons. The molecule has 2 rings (SSSR count). The second-order valence-electron chi connectivity index (χ2n) is 4.21. The van der Waals surface area contributed by atoms with Gasteiger partial charge in [-0.3, -0.25) is 4.79 Å². The number of nitrogens with one attached hydrogen (secondary N) is 1. The van der Waals surface area contributed by atoms with Crippen LogP contribution in [0.3, 0.4) is 0 Å². The average Bonchev–Trinajstić information content (AvgIpc) is 3.13. The molecule has 1 N–H and O–H groups in total. The molecule has 3 heteroatoms. The molecule has 1 aliphatic rings. The van der Waals surface area contributed by atoms with Crippen molar-refractivity contribution >= 4 is 17.5 Å². The molecule has 2 nitrogen and oxygen atoms in total. The van der Waals surface area contributed by atoms with Crippen LogP contribution >= 0.6 is 11.6 Å². The van der Waals surface area contributed by atoms with E-state index in [4.69, 9.17) is 11.6 Å². The van der Waals surface area contributed by atoms with Crippen molar-refractivity contribution in [3.05, 3.63) is 35.4 Å². The Morgan fingerprint density at radius 2 is 2.12 bits per heavy atom. The van der Waals surface area contributed by atoms with Gasteiger partial charge < -0.3 is 5.32 Å². The molecule has 1 fully saturated rings. The molecule has 0 spiro atoms. The van der Waals surface area contributed by atoms with Gasteiger partial charge in [0.15, 0.2) is 0 Å². The van der Waals surface area contributed by atoms with Gasteiger partial charge in [-0.25, -0.2) is 0 Å². The van der Waals surface area contributed by atoms with E-state index in [0.29, 0.717) is 6.54 Å². The number of benzene rings is 1. The van der Waals surface area contributed by atoms with E-state index in [1.54, 1.807) is 0 Å². The van der Waals surface area contributed by atoms with E-state index < -0.39 is 0 Å². The van der Waals surface area contributed by atoms with Gasteiger partial charge in [-0.1, -0.05) is 24.3 Å². The minimum atomic E-state index is -0.0921. The molecule has 1 aromatic rings. The number of alkyl halides is 1. The number of halogens is 1. The molecular weight excluding hydrogens is 222 g/mol. The highest BCUT2D eigenvalue weighted by atomic mass is 35.5. The average molecular weight is 238 g/mol. The molecular formula is C13H16ClNO. The van der Waals surface area contributed by atoms with Crippen molar-refractivity contribution in [1.82, 2.24) is 5.32 Å². The van der Waals surface area contributed by atoms with Crippen LogP contribution in [0.25, 0.3) is 0 Å². The van der Waals surface area contributed by atoms with Crippen molar-refractivity contribution in [1.29, 1.82) is 0 Å². The quantitative estimate of drug-likeness (QED) is 0.784. The Hall–Kier alpha value is -1.02. The summed E-state index contributed by atoms with van der Waals surface area (Å²) in [5.74, 6) is 0.718. The second-order valence-corrected chi connectivity index (χ2v) is 4.47. The van der Waals surface area contributed by atoms with E-state index in [0.717, 1.165) is 12.3 Å². The molecule has 0 aliphatic heterocycles. The monoisotopic (exact) mass is 237 g/mol. The van der Waals surface area contributed by atoms with Gasteiger partial charge in [-0.05, 0) is 36.3 Å². The number of hydrogen-bond acceptors (Lipinski definition) is 1. The van der Waals surface area contributed by atoms with E-state index >= 15 is 0 Å². The maximum Gasteiger partial charge on any atom is 0.234 e. The van der Waals surface area contributed by atoms with Gasteiger partial charge in [0.2, 0.25) is 5.91 Å². The molecule has 0 heterocycles. The van der Waals surface area contributed by atoms with Crippen molar-refractivity contribution in [2.75, 3.05) is 12.4 Å². The smallest absolute Gasteiger partial charge is 0.234 e. The van der Waals surface area contributed by atoms with Crippen molar-refractivity contribution in [3.63, 3.8) is 0 Å². The van der Waals surface area contributed by atoms with Gasteiger partial charge >= 0.3 is 0 Å². The summed E-state index contributed by atoms with van der Waals surface area (Å²) in [6.07, 6.45) is 3.52. The SMILES string of the molecule is O=C(CCl)NCCc1ccccc1C1CC1. The Balaban J connectivity index is 1.90.